The van der Waals surface area contributed by atoms with Gasteiger partial charge in [0.05, 0.1) is 6.54 Å². The summed E-state index contributed by atoms with van der Waals surface area (Å²) in [5.74, 6) is -0.533. The minimum Gasteiger partial charge on any atom is -0.323 e. The maximum absolute atomic E-state index is 13.3. The van der Waals surface area contributed by atoms with Crippen LogP contribution >= 0.6 is 0 Å². The number of urea groups is 1. The van der Waals surface area contributed by atoms with E-state index in [2.05, 4.69) is 5.32 Å². The van der Waals surface area contributed by atoms with E-state index < -0.39 is 11.6 Å². The number of rotatable bonds is 5. The van der Waals surface area contributed by atoms with Crippen molar-refractivity contribution in [3.05, 3.63) is 66.2 Å². The van der Waals surface area contributed by atoms with Crippen molar-refractivity contribution < 1.29 is 14.4 Å². The number of para-hydroxylation sites is 1. The molecule has 0 unspecified atom stereocenters. The lowest BCUT2D eigenvalue weighted by molar-refractivity contribution is -0.134. The molecule has 1 N–H and O–H groups in total. The number of hydrogen-bond donors (Lipinski definition) is 1. The van der Waals surface area contributed by atoms with Crippen molar-refractivity contribution in [2.75, 3.05) is 11.4 Å². The summed E-state index contributed by atoms with van der Waals surface area (Å²) in [5, 5.41) is 2.91. The van der Waals surface area contributed by atoms with Crippen LogP contribution in [-0.2, 0) is 16.1 Å². The zero-order chi connectivity index (χ0) is 21.0. The highest BCUT2D eigenvalue weighted by Crippen LogP contribution is 2.32. The molecule has 1 aliphatic carbocycles. The van der Waals surface area contributed by atoms with Gasteiger partial charge in [0.15, 0.2) is 0 Å². The van der Waals surface area contributed by atoms with E-state index in [9.17, 15) is 14.4 Å². The Morgan fingerprint density at radius 2 is 1.50 bits per heavy atom. The van der Waals surface area contributed by atoms with Crippen molar-refractivity contribution in [1.82, 2.24) is 10.2 Å². The molecule has 1 spiro atoms. The summed E-state index contributed by atoms with van der Waals surface area (Å²) in [6.45, 7) is 0.118. The third kappa shape index (κ3) is 4.08. The molecule has 4 amide bonds. The third-order valence-electron chi connectivity index (χ3n) is 6.05. The fourth-order valence-electron chi connectivity index (χ4n) is 4.41. The van der Waals surface area contributed by atoms with Crippen LogP contribution in [0.25, 0.3) is 0 Å². The van der Waals surface area contributed by atoms with Gasteiger partial charge >= 0.3 is 6.03 Å². The molecule has 0 aromatic heterocycles. The molecule has 4 rings (SSSR count). The molecular formula is C24H27N3O3. The minimum absolute atomic E-state index is 0.254. The number of imide groups is 1. The smallest absolute Gasteiger partial charge is 0.323 e. The predicted molar refractivity (Wildman–Crippen MR) is 115 cm³/mol. The quantitative estimate of drug-likeness (QED) is 0.768. The van der Waals surface area contributed by atoms with Crippen molar-refractivity contribution in [3.63, 3.8) is 0 Å². The van der Waals surface area contributed by atoms with Gasteiger partial charge in [0.25, 0.3) is 5.91 Å². The van der Waals surface area contributed by atoms with E-state index in [4.69, 9.17) is 0 Å². The summed E-state index contributed by atoms with van der Waals surface area (Å²) in [5.41, 5.74) is 0.889. The molecule has 2 aromatic carbocycles. The first-order valence-electron chi connectivity index (χ1n) is 10.6. The van der Waals surface area contributed by atoms with E-state index in [1.807, 2.05) is 60.7 Å². The van der Waals surface area contributed by atoms with Crippen LogP contribution in [0.15, 0.2) is 60.7 Å². The lowest BCUT2D eigenvalue weighted by atomic mass is 9.90. The normalized spacial score (nSPS) is 18.2. The number of anilines is 1. The highest BCUT2D eigenvalue weighted by atomic mass is 16.2. The van der Waals surface area contributed by atoms with Gasteiger partial charge < -0.3 is 10.2 Å². The summed E-state index contributed by atoms with van der Waals surface area (Å²) < 4.78 is 0. The predicted octanol–water partition coefficient (Wildman–Crippen LogP) is 3.86. The zero-order valence-electron chi connectivity index (χ0n) is 17.0. The molecule has 0 bridgehead atoms. The van der Waals surface area contributed by atoms with Gasteiger partial charge in [-0.25, -0.2) is 4.79 Å². The van der Waals surface area contributed by atoms with E-state index in [0.717, 1.165) is 41.8 Å². The summed E-state index contributed by atoms with van der Waals surface area (Å²) in [4.78, 5) is 41.8. The SMILES string of the molecule is O=C1NC2(CCCCCC2)C(=O)N1CC(=O)N(Cc1ccccc1)c1ccccc1. The second-order valence-corrected chi connectivity index (χ2v) is 8.12. The van der Waals surface area contributed by atoms with E-state index in [1.54, 1.807) is 4.90 Å². The average molecular weight is 405 g/mol. The number of benzene rings is 2. The van der Waals surface area contributed by atoms with Crippen molar-refractivity contribution in [2.24, 2.45) is 0 Å². The fourth-order valence-corrected chi connectivity index (χ4v) is 4.41. The summed E-state index contributed by atoms with van der Waals surface area (Å²) in [7, 11) is 0. The third-order valence-corrected chi connectivity index (χ3v) is 6.05. The van der Waals surface area contributed by atoms with Gasteiger partial charge in [-0.05, 0) is 30.5 Å². The van der Waals surface area contributed by atoms with Gasteiger partial charge in [0, 0.05) is 5.69 Å². The maximum Gasteiger partial charge on any atom is 0.325 e. The number of amides is 4. The second kappa shape index (κ2) is 8.69. The Bertz CT molecular complexity index is 906. The Balaban J connectivity index is 1.55. The Morgan fingerprint density at radius 3 is 2.13 bits per heavy atom. The largest absolute Gasteiger partial charge is 0.325 e. The zero-order valence-corrected chi connectivity index (χ0v) is 17.0. The van der Waals surface area contributed by atoms with Crippen molar-refractivity contribution in [3.8, 4) is 0 Å². The van der Waals surface area contributed by atoms with Crippen LogP contribution in [0.5, 0.6) is 0 Å². The summed E-state index contributed by atoms with van der Waals surface area (Å²) >= 11 is 0. The molecule has 0 radical (unpaired) electrons. The summed E-state index contributed by atoms with van der Waals surface area (Å²) in [6.07, 6.45) is 5.27. The maximum atomic E-state index is 13.3. The lowest BCUT2D eigenvalue weighted by Gasteiger charge is -2.26. The van der Waals surface area contributed by atoms with Crippen LogP contribution < -0.4 is 10.2 Å². The highest BCUT2D eigenvalue weighted by Gasteiger charge is 2.51. The molecule has 30 heavy (non-hydrogen) atoms. The molecule has 2 aromatic rings. The van der Waals surface area contributed by atoms with Crippen LogP contribution in [-0.4, -0.2) is 34.8 Å². The van der Waals surface area contributed by atoms with Gasteiger partial charge in [0.2, 0.25) is 5.91 Å². The second-order valence-electron chi connectivity index (χ2n) is 8.12. The first-order valence-corrected chi connectivity index (χ1v) is 10.6. The van der Waals surface area contributed by atoms with Crippen LogP contribution in [0, 0.1) is 0 Å². The van der Waals surface area contributed by atoms with Crippen LogP contribution in [0.3, 0.4) is 0 Å². The van der Waals surface area contributed by atoms with Crippen LogP contribution in [0.2, 0.25) is 0 Å². The van der Waals surface area contributed by atoms with E-state index in [1.165, 1.54) is 0 Å². The molecule has 1 saturated carbocycles. The number of carbonyl (C=O) groups excluding carboxylic acids is 3. The average Bonchev–Trinajstić information content (AvgIpc) is 2.93. The fraction of sp³-hybridized carbons (Fsp3) is 0.375. The van der Waals surface area contributed by atoms with Gasteiger partial charge in [-0.3, -0.25) is 14.5 Å². The molecule has 1 heterocycles. The molecule has 1 saturated heterocycles. The molecule has 2 aliphatic rings. The van der Waals surface area contributed by atoms with Crippen molar-refractivity contribution in [2.45, 2.75) is 50.6 Å². The first kappa shape index (κ1) is 20.1. The Hall–Kier alpha value is -3.15. The molecule has 0 atom stereocenters. The molecule has 156 valence electrons. The first-order chi connectivity index (χ1) is 14.6. The van der Waals surface area contributed by atoms with Gasteiger partial charge in [-0.2, -0.15) is 0 Å². The topological polar surface area (TPSA) is 69.7 Å². The molecule has 6 nitrogen and oxygen atoms in total. The van der Waals surface area contributed by atoms with Crippen LogP contribution in [0.1, 0.15) is 44.1 Å². The number of nitrogens with zero attached hydrogens (tertiary/aromatic N) is 2. The molecular weight excluding hydrogens is 378 g/mol. The Kier molecular flexibility index (Phi) is 5.84. The van der Waals surface area contributed by atoms with Crippen LogP contribution in [0.4, 0.5) is 10.5 Å². The van der Waals surface area contributed by atoms with Gasteiger partial charge in [0.1, 0.15) is 12.1 Å². The van der Waals surface area contributed by atoms with E-state index in [0.29, 0.717) is 19.4 Å². The Labute approximate surface area is 176 Å². The molecule has 2 fully saturated rings. The van der Waals surface area contributed by atoms with Gasteiger partial charge in [-0.15, -0.1) is 0 Å². The minimum atomic E-state index is -0.829. The molecule has 6 heteroatoms. The van der Waals surface area contributed by atoms with Gasteiger partial charge in [-0.1, -0.05) is 74.2 Å². The monoisotopic (exact) mass is 405 g/mol. The highest BCUT2D eigenvalue weighted by molar-refractivity contribution is 6.10. The molecule has 1 aliphatic heterocycles. The standard InChI is InChI=1S/C24H27N3O3/c28-21(18-27-22(29)24(25-23(27)30)15-9-1-2-10-16-24)26(20-13-7-4-8-14-20)17-19-11-5-3-6-12-19/h3-8,11-14H,1-2,9-10,15-18H2,(H,25,30). The number of carbonyl (C=O) groups is 3. The Morgan fingerprint density at radius 1 is 0.900 bits per heavy atom. The number of nitrogens with one attached hydrogen (secondary N) is 1. The number of hydrogen-bond acceptors (Lipinski definition) is 3. The van der Waals surface area contributed by atoms with Crippen molar-refractivity contribution in [1.29, 1.82) is 0 Å². The van der Waals surface area contributed by atoms with E-state index >= 15 is 0 Å². The van der Waals surface area contributed by atoms with E-state index in [-0.39, 0.29) is 18.4 Å². The van der Waals surface area contributed by atoms with Crippen molar-refractivity contribution >= 4 is 23.5 Å². The lowest BCUT2D eigenvalue weighted by Crippen LogP contribution is -2.47. The summed E-state index contributed by atoms with van der Waals surface area (Å²) in [6, 6.07) is 18.6.